The van der Waals surface area contributed by atoms with Crippen molar-refractivity contribution in [3.63, 3.8) is 0 Å². The van der Waals surface area contributed by atoms with Crippen molar-refractivity contribution >= 4 is 49.0 Å². The molecule has 3 aliphatic rings. The molecule has 0 saturated heterocycles. The molecule has 3 aromatic rings. The topological polar surface area (TPSA) is 170 Å². The van der Waals surface area contributed by atoms with E-state index in [1.807, 2.05) is 24.3 Å². The smallest absolute Gasteiger partial charge is 0.303 e. The minimum absolute atomic E-state index is 0.0361. The number of fused-ring (bicyclic) bond motifs is 2. The van der Waals surface area contributed by atoms with Gasteiger partial charge in [-0.1, -0.05) is 38.1 Å². The lowest BCUT2D eigenvalue weighted by Gasteiger charge is -2.29. The first-order valence-corrected chi connectivity index (χ1v) is 25.5. The van der Waals surface area contributed by atoms with Gasteiger partial charge in [-0.15, -0.1) is 0 Å². The summed E-state index contributed by atoms with van der Waals surface area (Å²) in [6.07, 6.45) is 13.2. The van der Waals surface area contributed by atoms with E-state index in [2.05, 4.69) is 109 Å². The third kappa shape index (κ3) is 11.8. The van der Waals surface area contributed by atoms with Crippen LogP contribution in [0.25, 0.3) is 0 Å². The zero-order valence-corrected chi connectivity index (χ0v) is 41.9. The van der Waals surface area contributed by atoms with Crippen LogP contribution >= 0.6 is 0 Å². The number of rotatable bonds is 18. The van der Waals surface area contributed by atoms with Gasteiger partial charge in [0, 0.05) is 65.3 Å². The van der Waals surface area contributed by atoms with Crippen LogP contribution in [0.2, 0.25) is 0 Å². The second-order valence-corrected chi connectivity index (χ2v) is 23.7. The van der Waals surface area contributed by atoms with Gasteiger partial charge in [-0.25, -0.2) is 16.8 Å². The number of nitrogens with zero attached hydrogens (tertiary/aromatic N) is 4. The Morgan fingerprint density at radius 2 is 1.39 bits per heavy atom. The fourth-order valence-electron chi connectivity index (χ4n) is 9.44. The normalized spacial score (nSPS) is 18.8. The largest absolute Gasteiger partial charge is 0.744 e. The zero-order chi connectivity index (χ0) is 48.6. The average Bonchev–Trinajstić information content (AvgIpc) is 3.55. The van der Waals surface area contributed by atoms with Crippen LogP contribution in [0.15, 0.2) is 117 Å². The predicted octanol–water partition coefficient (Wildman–Crippen LogP) is 7.80. The minimum Gasteiger partial charge on any atom is -0.744 e. The first-order chi connectivity index (χ1) is 30.6. The van der Waals surface area contributed by atoms with E-state index >= 15 is 0 Å². The quantitative estimate of drug-likeness (QED) is 0.0729. The molecule has 2 aliphatic heterocycles. The Bertz CT molecular complexity index is 2750. The molecule has 0 bridgehead atoms. The van der Waals surface area contributed by atoms with Crippen molar-refractivity contribution < 1.29 is 49.4 Å². The van der Waals surface area contributed by atoms with Crippen molar-refractivity contribution in [2.24, 2.45) is 0 Å². The van der Waals surface area contributed by atoms with Crippen molar-refractivity contribution in [2.45, 2.75) is 93.3 Å². The van der Waals surface area contributed by atoms with Gasteiger partial charge >= 0.3 is 5.97 Å². The van der Waals surface area contributed by atoms with Gasteiger partial charge in [-0.05, 0) is 110 Å². The number of carbonyl (C=O) groups is 1. The molecular weight excluding hydrogens is 875 g/mol. The van der Waals surface area contributed by atoms with Crippen molar-refractivity contribution in [1.29, 1.82) is 0 Å². The highest BCUT2D eigenvalue weighted by molar-refractivity contribution is 7.86. The van der Waals surface area contributed by atoms with E-state index in [0.717, 1.165) is 116 Å². The SMILES string of the molecule is CC1(C)C(/C=C/C2=C(Nc3ccc(CCC(=O)O)cc3)C(=C/C=C3/N(CCC[N+](C)(C)C)c4ccc(S(=O)(=O)[O-])cc4C3(C)C)/CCC2)=[N+](CCC[N+](C)(C)C)c2ccc(S(=O)(=O)[O-])cc21. The van der Waals surface area contributed by atoms with Crippen molar-refractivity contribution in [2.75, 3.05) is 78.7 Å². The number of anilines is 2. The minimum atomic E-state index is -4.68. The van der Waals surface area contributed by atoms with Gasteiger partial charge in [0.2, 0.25) is 5.69 Å². The highest BCUT2D eigenvalue weighted by atomic mass is 32.2. The molecule has 2 N–H and O–H groups in total. The van der Waals surface area contributed by atoms with Gasteiger partial charge in [-0.2, -0.15) is 4.58 Å². The highest BCUT2D eigenvalue weighted by Crippen LogP contribution is 2.49. The van der Waals surface area contributed by atoms with Crippen LogP contribution in [0, 0.1) is 0 Å². The number of benzene rings is 3. The van der Waals surface area contributed by atoms with Crippen molar-refractivity contribution in [1.82, 2.24) is 0 Å². The lowest BCUT2D eigenvalue weighted by molar-refractivity contribution is -0.871. The standard InChI is InChI=1S/C51H67N5O8S2/c1-50(2)42-34-40(65(59,60)61)23-25-44(42)53(30-12-32-55(5,6)7)46(50)27-19-37-14-11-15-38(49(37)52-39-21-16-36(17-22-39)18-29-48(57)58)20-28-47-51(3,4)43-35-41(66(62,63)64)24-26-45(43)54(47)31-13-33-56(8,9)10/h16-17,19-28,34-35H,11-15,18,29-33H2,1-10H3,(H-2,57,58,59,60,61,62,63,64)/p+1/b37-19+,46-27+. The van der Waals surface area contributed by atoms with Crippen LogP contribution in [0.4, 0.5) is 17.1 Å². The molecule has 3 aromatic carbocycles. The Hall–Kier alpha value is -4.90. The Morgan fingerprint density at radius 1 is 0.788 bits per heavy atom. The Balaban J connectivity index is 1.48. The second kappa shape index (κ2) is 19.0. The monoisotopic (exact) mass is 942 g/mol. The van der Waals surface area contributed by atoms with Crippen LogP contribution in [0.5, 0.6) is 0 Å². The highest BCUT2D eigenvalue weighted by Gasteiger charge is 2.45. The third-order valence-corrected chi connectivity index (χ3v) is 14.7. The number of hydrogen-bond donors (Lipinski definition) is 2. The Labute approximate surface area is 392 Å². The molecule has 0 atom stereocenters. The summed E-state index contributed by atoms with van der Waals surface area (Å²) in [5.41, 5.74) is 8.84. The predicted molar refractivity (Wildman–Crippen MR) is 259 cm³/mol. The average molecular weight is 943 g/mol. The second-order valence-electron chi connectivity index (χ2n) is 21.0. The van der Waals surface area contributed by atoms with Crippen LogP contribution in [0.1, 0.15) is 82.9 Å². The summed E-state index contributed by atoms with van der Waals surface area (Å²) in [7, 11) is 3.57. The first kappa shape index (κ1) is 50.5. The maximum atomic E-state index is 12.2. The molecule has 0 amide bonds. The van der Waals surface area contributed by atoms with E-state index in [1.54, 1.807) is 12.1 Å². The van der Waals surface area contributed by atoms with Gasteiger partial charge in [-0.3, -0.25) is 4.79 Å². The molecule has 13 nitrogen and oxygen atoms in total. The molecule has 0 aromatic heterocycles. The maximum absolute atomic E-state index is 12.2. The molecule has 15 heteroatoms. The van der Waals surface area contributed by atoms with Gasteiger partial charge in [0.1, 0.15) is 20.2 Å². The summed E-state index contributed by atoms with van der Waals surface area (Å²) in [6, 6.07) is 17.2. The van der Waals surface area contributed by atoms with Gasteiger partial charge in [0.25, 0.3) is 0 Å². The fraction of sp³-hybridized carbons (Fsp3) is 0.451. The van der Waals surface area contributed by atoms with Gasteiger partial charge in [0.15, 0.2) is 12.3 Å². The molecule has 1 aliphatic carbocycles. The van der Waals surface area contributed by atoms with E-state index in [0.29, 0.717) is 19.5 Å². The van der Waals surface area contributed by atoms with Crippen molar-refractivity contribution in [3.8, 4) is 0 Å². The molecule has 2 heterocycles. The lowest BCUT2D eigenvalue weighted by Crippen LogP contribution is -2.37. The van der Waals surface area contributed by atoms with E-state index in [1.165, 1.54) is 24.3 Å². The van der Waals surface area contributed by atoms with E-state index in [9.17, 15) is 35.8 Å². The number of carboxylic acid groups (broad SMARTS) is 1. The Morgan fingerprint density at radius 3 is 2.00 bits per heavy atom. The Kier molecular flexibility index (Phi) is 14.5. The fourth-order valence-corrected chi connectivity index (χ4v) is 10.4. The number of hydrogen-bond acceptors (Lipinski definition) is 9. The number of nitrogens with one attached hydrogen (secondary N) is 1. The molecule has 356 valence electrons. The molecule has 66 heavy (non-hydrogen) atoms. The van der Waals surface area contributed by atoms with E-state index < -0.39 is 37.0 Å². The summed E-state index contributed by atoms with van der Waals surface area (Å²) in [5, 5.41) is 13.0. The summed E-state index contributed by atoms with van der Waals surface area (Å²) in [4.78, 5) is 13.1. The van der Waals surface area contributed by atoms with E-state index in [4.69, 9.17) is 0 Å². The molecule has 0 fully saturated rings. The number of quaternary nitrogens is 2. The summed E-state index contributed by atoms with van der Waals surface area (Å²) in [6.45, 7) is 11.5. The molecule has 0 radical (unpaired) electrons. The van der Waals surface area contributed by atoms with Crippen LogP contribution in [-0.2, 0) is 42.3 Å². The first-order valence-electron chi connectivity index (χ1n) is 22.7. The zero-order valence-electron chi connectivity index (χ0n) is 40.3. The molecule has 0 saturated carbocycles. The molecule has 6 rings (SSSR count). The molecular formula is C51H68N5O8S2+. The van der Waals surface area contributed by atoms with Crippen molar-refractivity contribution in [3.05, 3.63) is 124 Å². The van der Waals surface area contributed by atoms with E-state index in [-0.39, 0.29) is 16.2 Å². The molecule has 0 unspecified atom stereocenters. The number of allylic oxidation sites excluding steroid dienone is 7. The van der Waals surface area contributed by atoms with Crippen LogP contribution in [0.3, 0.4) is 0 Å². The summed E-state index contributed by atoms with van der Waals surface area (Å²) < 4.78 is 77.2. The molecule has 0 spiro atoms. The van der Waals surface area contributed by atoms with Gasteiger partial charge in [0.05, 0.1) is 77.0 Å². The number of carboxylic acids is 1. The maximum Gasteiger partial charge on any atom is 0.303 e. The number of aliphatic carboxylic acids is 1. The number of aryl methyl sites for hydroxylation is 1. The summed E-state index contributed by atoms with van der Waals surface area (Å²) in [5.74, 6) is -0.851. The lowest BCUT2D eigenvalue weighted by atomic mass is 9.81. The third-order valence-electron chi connectivity index (χ3n) is 13.0. The van der Waals surface area contributed by atoms with Crippen LogP contribution < -0.4 is 10.2 Å². The summed E-state index contributed by atoms with van der Waals surface area (Å²) >= 11 is 0. The van der Waals surface area contributed by atoms with Gasteiger partial charge < -0.3 is 33.4 Å². The van der Waals surface area contributed by atoms with Crippen LogP contribution in [-0.4, -0.2) is 125 Å².